The number of esters is 3. The Hall–Kier alpha value is -2.89. The molecular formula is C71H128O6. The van der Waals surface area contributed by atoms with Crippen LogP contribution in [0.1, 0.15) is 355 Å². The van der Waals surface area contributed by atoms with Gasteiger partial charge in [-0.15, -0.1) is 0 Å². The number of hydrogen-bond donors (Lipinski definition) is 0. The van der Waals surface area contributed by atoms with E-state index in [4.69, 9.17) is 14.2 Å². The van der Waals surface area contributed by atoms with Gasteiger partial charge in [-0.05, 0) is 64.2 Å². The largest absolute Gasteiger partial charge is 0.462 e. The van der Waals surface area contributed by atoms with E-state index >= 15 is 0 Å². The standard InChI is InChI=1S/C71H128O6/c1-4-7-10-13-16-19-22-24-26-28-29-30-31-32-33-34-35-36-37-38-39-40-41-42-43-44-46-47-49-52-55-58-61-64-70(73)76-67-68(66-75-69(72)63-60-57-54-51-21-18-15-12-9-6-3)77-71(74)65-62-59-56-53-50-48-45-27-25-23-20-17-14-11-8-5-2/h7,10,16,19,24,26,29-30,32-33,68H,4-6,8-9,11-15,17-18,20-23,25,27-28,31,34-67H2,1-3H3/b10-7-,19-16-,26-24-,30-29-,33-32-. The highest BCUT2D eigenvalue weighted by molar-refractivity contribution is 5.71. The molecule has 448 valence electrons. The Morgan fingerprint density at radius 2 is 0.506 bits per heavy atom. The van der Waals surface area contributed by atoms with E-state index in [1.54, 1.807) is 0 Å². The van der Waals surface area contributed by atoms with E-state index in [1.807, 2.05) is 0 Å². The van der Waals surface area contributed by atoms with Crippen molar-refractivity contribution in [3.05, 3.63) is 60.8 Å². The highest BCUT2D eigenvalue weighted by atomic mass is 16.6. The molecule has 6 heteroatoms. The van der Waals surface area contributed by atoms with Crippen LogP contribution in [0.4, 0.5) is 0 Å². The van der Waals surface area contributed by atoms with Gasteiger partial charge in [0.15, 0.2) is 6.10 Å². The van der Waals surface area contributed by atoms with Gasteiger partial charge in [-0.2, -0.15) is 0 Å². The summed E-state index contributed by atoms with van der Waals surface area (Å²) in [6, 6.07) is 0. The summed E-state index contributed by atoms with van der Waals surface area (Å²) in [7, 11) is 0. The Morgan fingerprint density at radius 1 is 0.273 bits per heavy atom. The maximum Gasteiger partial charge on any atom is 0.306 e. The Morgan fingerprint density at radius 3 is 0.792 bits per heavy atom. The predicted molar refractivity (Wildman–Crippen MR) is 335 cm³/mol. The summed E-state index contributed by atoms with van der Waals surface area (Å²) >= 11 is 0. The predicted octanol–water partition coefficient (Wildman–Crippen LogP) is 23.1. The SMILES string of the molecule is CC/C=C\C/C=C\C/C=C\C/C=C\C/C=C\CCCCCCCCCCCCCCCCCCCC(=O)OCC(COC(=O)CCCCCCCCCCCC)OC(=O)CCCCCCCCCCCCCCCCCC. The van der Waals surface area contributed by atoms with Crippen molar-refractivity contribution in [2.24, 2.45) is 0 Å². The lowest BCUT2D eigenvalue weighted by molar-refractivity contribution is -0.167. The molecule has 0 fully saturated rings. The van der Waals surface area contributed by atoms with Gasteiger partial charge < -0.3 is 14.2 Å². The van der Waals surface area contributed by atoms with Gasteiger partial charge in [0, 0.05) is 19.3 Å². The third-order valence-electron chi connectivity index (χ3n) is 15.0. The molecule has 0 saturated carbocycles. The second-order valence-electron chi connectivity index (χ2n) is 22.7. The maximum absolute atomic E-state index is 12.9. The van der Waals surface area contributed by atoms with Crippen molar-refractivity contribution >= 4 is 17.9 Å². The average molecular weight is 1080 g/mol. The fourth-order valence-corrected chi connectivity index (χ4v) is 10.0. The van der Waals surface area contributed by atoms with Crippen molar-refractivity contribution in [2.45, 2.75) is 361 Å². The van der Waals surface area contributed by atoms with Crippen molar-refractivity contribution < 1.29 is 28.6 Å². The van der Waals surface area contributed by atoms with Crippen LogP contribution in [0.3, 0.4) is 0 Å². The lowest BCUT2D eigenvalue weighted by atomic mass is 10.0. The van der Waals surface area contributed by atoms with Crippen molar-refractivity contribution in [2.75, 3.05) is 13.2 Å². The summed E-state index contributed by atoms with van der Waals surface area (Å²) in [5.74, 6) is -0.844. The summed E-state index contributed by atoms with van der Waals surface area (Å²) in [6.07, 6.45) is 84.0. The molecule has 1 unspecified atom stereocenters. The van der Waals surface area contributed by atoms with Gasteiger partial charge in [0.25, 0.3) is 0 Å². The molecule has 0 aromatic heterocycles. The molecule has 0 aromatic carbocycles. The second kappa shape index (κ2) is 65.6. The van der Waals surface area contributed by atoms with E-state index in [0.29, 0.717) is 19.3 Å². The number of allylic oxidation sites excluding steroid dienone is 10. The smallest absolute Gasteiger partial charge is 0.306 e. The number of carbonyl (C=O) groups excluding carboxylic acids is 3. The Balaban J connectivity index is 4.07. The van der Waals surface area contributed by atoms with E-state index in [1.165, 1.54) is 225 Å². The van der Waals surface area contributed by atoms with Gasteiger partial charge in [-0.1, -0.05) is 332 Å². The Kier molecular flexibility index (Phi) is 63.2. The zero-order chi connectivity index (χ0) is 55.7. The van der Waals surface area contributed by atoms with Crippen molar-refractivity contribution in [3.63, 3.8) is 0 Å². The molecule has 0 amide bonds. The number of rotatable bonds is 62. The van der Waals surface area contributed by atoms with Gasteiger partial charge in [0.1, 0.15) is 13.2 Å². The zero-order valence-electron chi connectivity index (χ0n) is 51.5. The minimum absolute atomic E-state index is 0.0666. The molecule has 0 aliphatic carbocycles. The van der Waals surface area contributed by atoms with Crippen LogP contribution in [0, 0.1) is 0 Å². The van der Waals surface area contributed by atoms with E-state index in [-0.39, 0.29) is 31.1 Å². The average Bonchev–Trinajstić information content (AvgIpc) is 3.43. The second-order valence-corrected chi connectivity index (χ2v) is 22.7. The third kappa shape index (κ3) is 63.8. The molecule has 0 radical (unpaired) electrons. The van der Waals surface area contributed by atoms with E-state index in [9.17, 15) is 14.4 Å². The van der Waals surface area contributed by atoms with Crippen LogP contribution >= 0.6 is 0 Å². The van der Waals surface area contributed by atoms with Crippen LogP contribution in [-0.2, 0) is 28.6 Å². The van der Waals surface area contributed by atoms with E-state index in [2.05, 4.69) is 81.5 Å². The Bertz CT molecular complexity index is 1380. The highest BCUT2D eigenvalue weighted by Crippen LogP contribution is 2.18. The molecule has 0 aliphatic rings. The van der Waals surface area contributed by atoms with Crippen molar-refractivity contribution in [3.8, 4) is 0 Å². The minimum Gasteiger partial charge on any atom is -0.462 e. The van der Waals surface area contributed by atoms with Crippen LogP contribution in [0.5, 0.6) is 0 Å². The highest BCUT2D eigenvalue weighted by Gasteiger charge is 2.19. The summed E-state index contributed by atoms with van der Waals surface area (Å²) in [6.45, 7) is 6.57. The molecule has 0 bridgehead atoms. The van der Waals surface area contributed by atoms with Crippen LogP contribution in [0.25, 0.3) is 0 Å². The Labute approximate surface area is 479 Å². The summed E-state index contributed by atoms with van der Waals surface area (Å²) < 4.78 is 16.9. The molecule has 6 nitrogen and oxygen atoms in total. The number of hydrogen-bond acceptors (Lipinski definition) is 6. The molecule has 0 aliphatic heterocycles. The first-order chi connectivity index (χ1) is 38.0. The van der Waals surface area contributed by atoms with Gasteiger partial charge >= 0.3 is 17.9 Å². The van der Waals surface area contributed by atoms with Crippen molar-refractivity contribution in [1.29, 1.82) is 0 Å². The third-order valence-corrected chi connectivity index (χ3v) is 15.0. The van der Waals surface area contributed by atoms with Crippen LogP contribution in [-0.4, -0.2) is 37.2 Å². The summed E-state index contributed by atoms with van der Waals surface area (Å²) in [4.78, 5) is 38.2. The molecule has 0 saturated heterocycles. The lowest BCUT2D eigenvalue weighted by Gasteiger charge is -2.18. The van der Waals surface area contributed by atoms with Gasteiger partial charge in [-0.25, -0.2) is 0 Å². The monoisotopic (exact) mass is 1080 g/mol. The van der Waals surface area contributed by atoms with Gasteiger partial charge in [-0.3, -0.25) is 14.4 Å². The first kappa shape index (κ1) is 74.1. The maximum atomic E-state index is 12.9. The summed E-state index contributed by atoms with van der Waals surface area (Å²) in [5, 5.41) is 0. The molecule has 0 spiro atoms. The molecule has 0 heterocycles. The number of carbonyl (C=O) groups is 3. The molecule has 77 heavy (non-hydrogen) atoms. The van der Waals surface area contributed by atoms with E-state index in [0.717, 1.165) is 89.9 Å². The number of unbranched alkanes of at least 4 members (excludes halogenated alkanes) is 41. The summed E-state index contributed by atoms with van der Waals surface area (Å²) in [5.41, 5.74) is 0. The molecule has 0 rings (SSSR count). The quantitative estimate of drug-likeness (QED) is 0.0261. The van der Waals surface area contributed by atoms with E-state index < -0.39 is 6.10 Å². The van der Waals surface area contributed by atoms with Gasteiger partial charge in [0.05, 0.1) is 0 Å². The molecule has 0 aromatic rings. The fourth-order valence-electron chi connectivity index (χ4n) is 10.0. The van der Waals surface area contributed by atoms with Crippen LogP contribution in [0.2, 0.25) is 0 Å². The van der Waals surface area contributed by atoms with Crippen LogP contribution in [0.15, 0.2) is 60.8 Å². The topological polar surface area (TPSA) is 78.9 Å². The lowest BCUT2D eigenvalue weighted by Crippen LogP contribution is -2.30. The normalized spacial score (nSPS) is 12.4. The van der Waals surface area contributed by atoms with Crippen LogP contribution < -0.4 is 0 Å². The molecular weight excluding hydrogens is 949 g/mol. The molecule has 0 N–H and O–H groups in total. The number of ether oxygens (including phenoxy) is 3. The molecule has 1 atom stereocenters. The minimum atomic E-state index is -0.767. The fraction of sp³-hybridized carbons (Fsp3) is 0.817. The first-order valence-electron chi connectivity index (χ1n) is 33.8. The van der Waals surface area contributed by atoms with Crippen molar-refractivity contribution in [1.82, 2.24) is 0 Å². The van der Waals surface area contributed by atoms with Gasteiger partial charge in [0.2, 0.25) is 0 Å². The first-order valence-corrected chi connectivity index (χ1v) is 33.8. The zero-order valence-corrected chi connectivity index (χ0v) is 51.5.